The molecule has 11 heteroatoms. The quantitative estimate of drug-likeness (QED) is 0.440. The highest BCUT2D eigenvalue weighted by atomic mass is 35.5. The minimum absolute atomic E-state index is 0.000666. The SMILES string of the molecule is CC(C)Cn1c(N)c(C(=O)COC(=O)c2sc3cc(F)ccc3c2Cl)c(=O)n(C)c1=O. The Morgan fingerprint density at radius 2 is 1.97 bits per heavy atom. The van der Waals surface area contributed by atoms with Gasteiger partial charge in [0.05, 0.1) is 5.02 Å². The van der Waals surface area contributed by atoms with Crippen molar-refractivity contribution in [2.24, 2.45) is 13.0 Å². The smallest absolute Gasteiger partial charge is 0.350 e. The Labute approximate surface area is 184 Å². The summed E-state index contributed by atoms with van der Waals surface area (Å²) in [7, 11) is 1.24. The topological polar surface area (TPSA) is 113 Å². The van der Waals surface area contributed by atoms with Crippen LogP contribution in [-0.4, -0.2) is 27.5 Å². The molecule has 3 rings (SSSR count). The average Bonchev–Trinajstić information content (AvgIpc) is 3.03. The standard InChI is InChI=1S/C20H19ClFN3O5S/c1-9(2)7-25-17(23)14(18(27)24(3)20(25)29)12(26)8-30-19(28)16-15(21)11-5-4-10(22)6-13(11)31-16/h4-6,9H,7-8,23H2,1-3H3. The van der Waals surface area contributed by atoms with E-state index in [4.69, 9.17) is 22.1 Å². The number of hydrogen-bond donors (Lipinski definition) is 1. The fourth-order valence-electron chi connectivity index (χ4n) is 3.03. The van der Waals surface area contributed by atoms with Crippen LogP contribution in [0.3, 0.4) is 0 Å². The lowest BCUT2D eigenvalue weighted by Gasteiger charge is -2.16. The van der Waals surface area contributed by atoms with Crippen molar-refractivity contribution in [1.29, 1.82) is 0 Å². The predicted molar refractivity (Wildman–Crippen MR) is 117 cm³/mol. The number of aromatic nitrogens is 2. The molecule has 1 aromatic carbocycles. The molecule has 0 saturated carbocycles. The molecular formula is C20H19ClFN3O5S. The van der Waals surface area contributed by atoms with Crippen molar-refractivity contribution in [3.05, 3.63) is 60.3 Å². The number of thiophene rings is 1. The second-order valence-corrected chi connectivity index (χ2v) is 8.73. The van der Waals surface area contributed by atoms with Crippen molar-refractivity contribution in [1.82, 2.24) is 9.13 Å². The van der Waals surface area contributed by atoms with Gasteiger partial charge in [-0.05, 0) is 24.1 Å². The zero-order valence-electron chi connectivity index (χ0n) is 16.9. The molecule has 0 bridgehead atoms. The Morgan fingerprint density at radius 1 is 1.29 bits per heavy atom. The van der Waals surface area contributed by atoms with E-state index >= 15 is 0 Å². The Bertz CT molecular complexity index is 1330. The van der Waals surface area contributed by atoms with Gasteiger partial charge in [0.15, 0.2) is 6.61 Å². The molecule has 2 N–H and O–H groups in total. The van der Waals surface area contributed by atoms with E-state index in [1.807, 2.05) is 13.8 Å². The lowest BCUT2D eigenvalue weighted by molar-refractivity contribution is 0.0479. The zero-order chi connectivity index (χ0) is 23.0. The van der Waals surface area contributed by atoms with Gasteiger partial charge in [0, 0.05) is 23.7 Å². The van der Waals surface area contributed by atoms with Gasteiger partial charge in [-0.2, -0.15) is 0 Å². The van der Waals surface area contributed by atoms with Gasteiger partial charge in [0.2, 0.25) is 5.78 Å². The van der Waals surface area contributed by atoms with Crippen LogP contribution in [-0.2, 0) is 18.3 Å². The molecular weight excluding hydrogens is 449 g/mol. The van der Waals surface area contributed by atoms with Crippen molar-refractivity contribution < 1.29 is 18.7 Å². The Balaban J connectivity index is 1.88. The van der Waals surface area contributed by atoms with Crippen molar-refractivity contribution in [2.45, 2.75) is 20.4 Å². The minimum Gasteiger partial charge on any atom is -0.453 e. The largest absolute Gasteiger partial charge is 0.453 e. The van der Waals surface area contributed by atoms with E-state index in [0.29, 0.717) is 10.1 Å². The van der Waals surface area contributed by atoms with Crippen LogP contribution in [0.2, 0.25) is 5.02 Å². The number of carbonyl (C=O) groups excluding carboxylic acids is 2. The van der Waals surface area contributed by atoms with Gasteiger partial charge < -0.3 is 10.5 Å². The molecule has 2 heterocycles. The number of Topliss-reactive ketones (excluding diaryl/α,β-unsaturated/α-hetero) is 1. The molecule has 0 fully saturated rings. The van der Waals surface area contributed by atoms with Crippen LogP contribution in [0.15, 0.2) is 27.8 Å². The molecule has 2 aromatic heterocycles. The van der Waals surface area contributed by atoms with Gasteiger partial charge in [-0.3, -0.25) is 18.7 Å². The van der Waals surface area contributed by atoms with E-state index in [1.54, 1.807) is 0 Å². The summed E-state index contributed by atoms with van der Waals surface area (Å²) in [6, 6.07) is 3.88. The molecule has 0 amide bonds. The molecule has 0 atom stereocenters. The summed E-state index contributed by atoms with van der Waals surface area (Å²) >= 11 is 7.11. The molecule has 0 aliphatic heterocycles. The van der Waals surface area contributed by atoms with Crippen molar-refractivity contribution in [2.75, 3.05) is 12.3 Å². The number of ether oxygens (including phenoxy) is 1. The maximum atomic E-state index is 13.4. The van der Waals surface area contributed by atoms with E-state index in [1.165, 1.54) is 25.2 Å². The number of fused-ring (bicyclic) bond motifs is 1. The Morgan fingerprint density at radius 3 is 2.61 bits per heavy atom. The van der Waals surface area contributed by atoms with E-state index in [9.17, 15) is 23.6 Å². The first kappa shape index (κ1) is 22.7. The number of halogens is 2. The summed E-state index contributed by atoms with van der Waals surface area (Å²) in [5.74, 6) is -2.49. The third kappa shape index (κ3) is 4.26. The highest BCUT2D eigenvalue weighted by Crippen LogP contribution is 2.36. The van der Waals surface area contributed by atoms with Crippen LogP contribution in [0.1, 0.15) is 33.9 Å². The number of ketones is 1. The molecule has 31 heavy (non-hydrogen) atoms. The van der Waals surface area contributed by atoms with Gasteiger partial charge >= 0.3 is 11.7 Å². The first-order valence-corrected chi connectivity index (χ1v) is 10.4. The third-order valence-electron chi connectivity index (χ3n) is 4.52. The van der Waals surface area contributed by atoms with Gasteiger partial charge in [0.25, 0.3) is 5.56 Å². The van der Waals surface area contributed by atoms with Crippen LogP contribution in [0, 0.1) is 11.7 Å². The molecule has 164 valence electrons. The number of carbonyl (C=O) groups is 2. The Kier molecular flexibility index (Phi) is 6.33. The first-order valence-electron chi connectivity index (χ1n) is 9.20. The number of nitrogens with two attached hydrogens (primary N) is 1. The monoisotopic (exact) mass is 467 g/mol. The van der Waals surface area contributed by atoms with Crippen molar-refractivity contribution in [3.8, 4) is 0 Å². The summed E-state index contributed by atoms with van der Waals surface area (Å²) in [5.41, 5.74) is 3.99. The summed E-state index contributed by atoms with van der Waals surface area (Å²) in [5, 5.41) is 0.559. The van der Waals surface area contributed by atoms with Crippen LogP contribution in [0.4, 0.5) is 10.2 Å². The van der Waals surface area contributed by atoms with Crippen LogP contribution >= 0.6 is 22.9 Å². The summed E-state index contributed by atoms with van der Waals surface area (Å²) in [4.78, 5) is 49.9. The van der Waals surface area contributed by atoms with Gasteiger partial charge in [-0.15, -0.1) is 11.3 Å². The first-order chi connectivity index (χ1) is 14.5. The number of nitrogens with zero attached hydrogens (tertiary/aromatic N) is 2. The molecule has 0 unspecified atom stereocenters. The number of nitrogen functional groups attached to an aromatic ring is 1. The van der Waals surface area contributed by atoms with Gasteiger partial charge in [-0.25, -0.2) is 14.0 Å². The average molecular weight is 468 g/mol. The van der Waals surface area contributed by atoms with Gasteiger partial charge in [0.1, 0.15) is 22.1 Å². The fourth-order valence-corrected chi connectivity index (χ4v) is 4.45. The van der Waals surface area contributed by atoms with Crippen molar-refractivity contribution >= 4 is 50.6 Å². The molecule has 0 spiro atoms. The molecule has 0 radical (unpaired) electrons. The third-order valence-corrected chi connectivity index (χ3v) is 6.16. The molecule has 8 nitrogen and oxygen atoms in total. The molecule has 0 aliphatic carbocycles. The maximum Gasteiger partial charge on any atom is 0.350 e. The maximum absolute atomic E-state index is 13.4. The van der Waals surface area contributed by atoms with Crippen LogP contribution in [0.25, 0.3) is 10.1 Å². The molecule has 0 saturated heterocycles. The summed E-state index contributed by atoms with van der Waals surface area (Å²) in [6.07, 6.45) is 0. The lowest BCUT2D eigenvalue weighted by atomic mass is 10.1. The lowest BCUT2D eigenvalue weighted by Crippen LogP contribution is -2.43. The van der Waals surface area contributed by atoms with E-state index < -0.39 is 41.0 Å². The molecule has 0 aliphatic rings. The van der Waals surface area contributed by atoms with Crippen LogP contribution < -0.4 is 17.0 Å². The highest BCUT2D eigenvalue weighted by molar-refractivity contribution is 7.21. The second-order valence-electron chi connectivity index (χ2n) is 7.30. The molecule has 3 aromatic rings. The summed E-state index contributed by atoms with van der Waals surface area (Å²) < 4.78 is 20.8. The number of esters is 1. The minimum atomic E-state index is -0.897. The predicted octanol–water partition coefficient (Wildman–Crippen LogP) is 2.83. The zero-order valence-corrected chi connectivity index (χ0v) is 18.5. The van der Waals surface area contributed by atoms with E-state index in [-0.39, 0.29) is 28.2 Å². The second kappa shape index (κ2) is 8.64. The number of hydrogen-bond acceptors (Lipinski definition) is 7. The fraction of sp³-hybridized carbons (Fsp3) is 0.300. The van der Waals surface area contributed by atoms with E-state index in [2.05, 4.69) is 0 Å². The van der Waals surface area contributed by atoms with Gasteiger partial charge in [-0.1, -0.05) is 25.4 Å². The number of benzene rings is 1. The Hall–Kier alpha value is -2.98. The van der Waals surface area contributed by atoms with E-state index in [0.717, 1.165) is 20.5 Å². The van der Waals surface area contributed by atoms with Crippen LogP contribution in [0.5, 0.6) is 0 Å². The number of anilines is 1. The number of rotatable bonds is 6. The normalized spacial score (nSPS) is 11.3. The highest BCUT2D eigenvalue weighted by Gasteiger charge is 2.25. The summed E-state index contributed by atoms with van der Waals surface area (Å²) in [6.45, 7) is 3.12. The van der Waals surface area contributed by atoms with Crippen molar-refractivity contribution in [3.63, 3.8) is 0 Å².